The molecule has 1 aromatic carbocycles. The molecule has 0 saturated carbocycles. The Morgan fingerprint density at radius 3 is 2.81 bits per heavy atom. The second-order valence-corrected chi connectivity index (χ2v) is 5.41. The van der Waals surface area contributed by atoms with E-state index < -0.39 is 10.5 Å². The normalized spacial score (nSPS) is 21.6. The van der Waals surface area contributed by atoms with Gasteiger partial charge >= 0.3 is 0 Å². The summed E-state index contributed by atoms with van der Waals surface area (Å²) in [5.41, 5.74) is 0.270. The molecule has 1 aliphatic rings. The van der Waals surface area contributed by atoms with E-state index in [4.69, 9.17) is 4.74 Å². The zero-order valence-corrected chi connectivity index (χ0v) is 12.1. The van der Waals surface area contributed by atoms with E-state index in [2.05, 4.69) is 10.6 Å². The van der Waals surface area contributed by atoms with Crippen molar-refractivity contribution in [1.29, 1.82) is 0 Å². The maximum Gasteiger partial charge on any atom is 0.270 e. The highest BCUT2D eigenvalue weighted by molar-refractivity contribution is 6.00. The summed E-state index contributed by atoms with van der Waals surface area (Å²) >= 11 is 0. The standard InChI is InChI=1S/C14H19N3O4/c1-14(6-3-7-21-9-14)16-13(18)11-8-10(17(19)20)4-5-12(11)15-2/h4-5,8,15H,3,6-7,9H2,1-2H3,(H,16,18). The van der Waals surface area contributed by atoms with Gasteiger partial charge in [0.15, 0.2) is 0 Å². The number of rotatable bonds is 4. The maximum atomic E-state index is 12.4. The molecule has 1 amide bonds. The third-order valence-electron chi connectivity index (χ3n) is 3.58. The first-order valence-electron chi connectivity index (χ1n) is 6.82. The molecular weight excluding hydrogens is 274 g/mol. The fourth-order valence-electron chi connectivity index (χ4n) is 2.43. The summed E-state index contributed by atoms with van der Waals surface area (Å²) in [4.78, 5) is 22.8. The number of carbonyl (C=O) groups excluding carboxylic acids is 1. The molecule has 0 spiro atoms. The Morgan fingerprint density at radius 1 is 1.48 bits per heavy atom. The lowest BCUT2D eigenvalue weighted by atomic mass is 9.94. The van der Waals surface area contributed by atoms with Crippen molar-refractivity contribution in [3.8, 4) is 0 Å². The molecule has 114 valence electrons. The van der Waals surface area contributed by atoms with Gasteiger partial charge in [0.25, 0.3) is 11.6 Å². The third kappa shape index (κ3) is 3.49. The molecule has 1 aliphatic heterocycles. The molecule has 1 fully saturated rings. The van der Waals surface area contributed by atoms with Crippen LogP contribution in [0.1, 0.15) is 30.1 Å². The number of nitro benzene ring substituents is 1. The average Bonchev–Trinajstić information content (AvgIpc) is 2.46. The molecule has 0 aromatic heterocycles. The highest BCUT2D eigenvalue weighted by Gasteiger charge is 2.30. The molecule has 0 aliphatic carbocycles. The summed E-state index contributed by atoms with van der Waals surface area (Å²) in [6.45, 7) is 3.06. The average molecular weight is 293 g/mol. The number of hydrogen-bond donors (Lipinski definition) is 2. The monoisotopic (exact) mass is 293 g/mol. The van der Waals surface area contributed by atoms with Crippen molar-refractivity contribution in [3.63, 3.8) is 0 Å². The zero-order chi connectivity index (χ0) is 15.5. The lowest BCUT2D eigenvalue weighted by Crippen LogP contribution is -2.51. The largest absolute Gasteiger partial charge is 0.387 e. The van der Waals surface area contributed by atoms with Crippen LogP contribution < -0.4 is 10.6 Å². The number of benzene rings is 1. The van der Waals surface area contributed by atoms with E-state index in [-0.39, 0.29) is 17.2 Å². The van der Waals surface area contributed by atoms with Crippen LogP contribution in [-0.4, -0.2) is 36.6 Å². The molecule has 7 nitrogen and oxygen atoms in total. The summed E-state index contributed by atoms with van der Waals surface area (Å²) in [6.07, 6.45) is 1.70. The van der Waals surface area contributed by atoms with Gasteiger partial charge in [-0.15, -0.1) is 0 Å². The minimum Gasteiger partial charge on any atom is -0.387 e. The SMILES string of the molecule is CNc1ccc([N+](=O)[O-])cc1C(=O)NC1(C)CCCOC1. The van der Waals surface area contributed by atoms with E-state index in [0.29, 0.717) is 18.9 Å². The lowest BCUT2D eigenvalue weighted by molar-refractivity contribution is -0.384. The molecular formula is C14H19N3O4. The Labute approximate surface area is 122 Å². The van der Waals surface area contributed by atoms with Gasteiger partial charge in [0.2, 0.25) is 0 Å². The van der Waals surface area contributed by atoms with E-state index in [1.54, 1.807) is 7.05 Å². The lowest BCUT2D eigenvalue weighted by Gasteiger charge is -2.34. The van der Waals surface area contributed by atoms with Crippen LogP contribution in [0.4, 0.5) is 11.4 Å². The summed E-state index contributed by atoms with van der Waals surface area (Å²) in [7, 11) is 1.67. The quantitative estimate of drug-likeness (QED) is 0.653. The second kappa shape index (κ2) is 6.09. The minimum atomic E-state index is -0.512. The van der Waals surface area contributed by atoms with Gasteiger partial charge in [0.1, 0.15) is 0 Å². The van der Waals surface area contributed by atoms with E-state index in [1.165, 1.54) is 18.2 Å². The molecule has 1 unspecified atom stereocenters. The van der Waals surface area contributed by atoms with Crippen LogP contribution in [0, 0.1) is 10.1 Å². The number of hydrogen-bond acceptors (Lipinski definition) is 5. The number of anilines is 1. The predicted octanol–water partition coefficient (Wildman–Crippen LogP) is 1.94. The summed E-state index contributed by atoms with van der Waals surface area (Å²) in [6, 6.07) is 4.19. The summed E-state index contributed by atoms with van der Waals surface area (Å²) in [5.74, 6) is -0.337. The number of nitrogens with zero attached hydrogens (tertiary/aromatic N) is 1. The van der Waals surface area contributed by atoms with Crippen molar-refractivity contribution >= 4 is 17.3 Å². The number of nitro groups is 1. The van der Waals surface area contributed by atoms with Gasteiger partial charge in [-0.05, 0) is 25.8 Å². The summed E-state index contributed by atoms with van der Waals surface area (Å²) < 4.78 is 5.40. The van der Waals surface area contributed by atoms with Gasteiger partial charge < -0.3 is 15.4 Å². The molecule has 7 heteroatoms. The Bertz CT molecular complexity index is 553. The van der Waals surface area contributed by atoms with Gasteiger partial charge in [0, 0.05) is 31.5 Å². The second-order valence-electron chi connectivity index (χ2n) is 5.41. The third-order valence-corrected chi connectivity index (χ3v) is 3.58. The number of nitrogens with one attached hydrogen (secondary N) is 2. The number of ether oxygens (including phenoxy) is 1. The topological polar surface area (TPSA) is 93.5 Å². The van der Waals surface area contributed by atoms with Crippen LogP contribution in [0.2, 0.25) is 0 Å². The first-order valence-corrected chi connectivity index (χ1v) is 6.82. The molecule has 1 atom stereocenters. The Kier molecular flexibility index (Phi) is 4.42. The van der Waals surface area contributed by atoms with Crippen molar-refractivity contribution in [2.45, 2.75) is 25.3 Å². The molecule has 0 bridgehead atoms. The van der Waals surface area contributed by atoms with Crippen LogP contribution in [0.3, 0.4) is 0 Å². The van der Waals surface area contributed by atoms with Gasteiger partial charge in [-0.1, -0.05) is 0 Å². The van der Waals surface area contributed by atoms with Crippen LogP contribution in [-0.2, 0) is 4.74 Å². The Morgan fingerprint density at radius 2 is 2.24 bits per heavy atom. The minimum absolute atomic E-state index is 0.107. The van der Waals surface area contributed by atoms with E-state index >= 15 is 0 Å². The maximum absolute atomic E-state index is 12.4. The Hall–Kier alpha value is -2.15. The fraction of sp³-hybridized carbons (Fsp3) is 0.500. The van der Waals surface area contributed by atoms with Crippen molar-refractivity contribution in [3.05, 3.63) is 33.9 Å². The van der Waals surface area contributed by atoms with Gasteiger partial charge in [-0.3, -0.25) is 14.9 Å². The molecule has 1 heterocycles. The molecule has 21 heavy (non-hydrogen) atoms. The van der Waals surface area contributed by atoms with Crippen molar-refractivity contribution in [1.82, 2.24) is 5.32 Å². The van der Waals surface area contributed by atoms with Crippen LogP contribution in [0.25, 0.3) is 0 Å². The van der Waals surface area contributed by atoms with Crippen LogP contribution in [0.5, 0.6) is 0 Å². The Balaban J connectivity index is 2.24. The number of carbonyl (C=O) groups is 1. The first kappa shape index (κ1) is 15.2. The predicted molar refractivity (Wildman–Crippen MR) is 78.6 cm³/mol. The van der Waals surface area contributed by atoms with Crippen LogP contribution in [0.15, 0.2) is 18.2 Å². The van der Waals surface area contributed by atoms with E-state index in [1.807, 2.05) is 6.92 Å². The van der Waals surface area contributed by atoms with Crippen molar-refractivity contribution < 1.29 is 14.5 Å². The smallest absolute Gasteiger partial charge is 0.270 e. The van der Waals surface area contributed by atoms with Crippen molar-refractivity contribution in [2.75, 3.05) is 25.6 Å². The molecule has 1 aromatic rings. The summed E-state index contributed by atoms with van der Waals surface area (Å²) in [5, 5.41) is 16.7. The fourth-order valence-corrected chi connectivity index (χ4v) is 2.43. The van der Waals surface area contributed by atoms with Crippen molar-refractivity contribution in [2.24, 2.45) is 0 Å². The van der Waals surface area contributed by atoms with Gasteiger partial charge in [0.05, 0.1) is 22.6 Å². The molecule has 2 rings (SSSR count). The molecule has 0 radical (unpaired) electrons. The van der Waals surface area contributed by atoms with E-state index in [9.17, 15) is 14.9 Å². The van der Waals surface area contributed by atoms with Gasteiger partial charge in [-0.2, -0.15) is 0 Å². The zero-order valence-electron chi connectivity index (χ0n) is 12.1. The first-order chi connectivity index (χ1) is 9.95. The van der Waals surface area contributed by atoms with Gasteiger partial charge in [-0.25, -0.2) is 0 Å². The highest BCUT2D eigenvalue weighted by atomic mass is 16.6. The highest BCUT2D eigenvalue weighted by Crippen LogP contribution is 2.24. The van der Waals surface area contributed by atoms with Crippen LogP contribution >= 0.6 is 0 Å². The number of non-ortho nitro benzene ring substituents is 1. The molecule has 2 N–H and O–H groups in total. The molecule has 1 saturated heterocycles. The van der Waals surface area contributed by atoms with E-state index in [0.717, 1.165) is 12.8 Å². The number of amides is 1.